The molecule has 3 rings (SSSR count). The summed E-state index contributed by atoms with van der Waals surface area (Å²) in [5.74, 6) is -0.408. The number of rotatable bonds is 6. The molecule has 1 aromatic rings. The molecule has 10 heteroatoms. The van der Waals surface area contributed by atoms with E-state index in [0.717, 1.165) is 5.69 Å². The van der Waals surface area contributed by atoms with Gasteiger partial charge < -0.3 is 19.9 Å². The number of anilines is 2. The maximum absolute atomic E-state index is 15.4. The third-order valence-corrected chi connectivity index (χ3v) is 8.21. The third-order valence-electron chi connectivity index (χ3n) is 6.31. The number of urea groups is 1. The van der Waals surface area contributed by atoms with Gasteiger partial charge in [0.25, 0.3) is 0 Å². The molecule has 2 aliphatic rings. The van der Waals surface area contributed by atoms with E-state index in [9.17, 15) is 13.2 Å². The quantitative estimate of drug-likeness (QED) is 0.646. The van der Waals surface area contributed by atoms with Crippen LogP contribution < -0.4 is 14.9 Å². The summed E-state index contributed by atoms with van der Waals surface area (Å²) in [5, 5.41) is 2.22. The smallest absolute Gasteiger partial charge is 0.321 e. The molecular weight excluding hydrogens is 447 g/mol. The number of nitrogens with zero attached hydrogens (tertiary/aromatic N) is 2. The molecule has 2 saturated heterocycles. The van der Waals surface area contributed by atoms with Gasteiger partial charge in [-0.3, -0.25) is 0 Å². The number of nitrogens with one attached hydrogen (secondary N) is 2. The van der Waals surface area contributed by atoms with E-state index < -0.39 is 21.1 Å². The molecule has 0 aromatic heterocycles. The Bertz CT molecular complexity index is 938. The zero-order valence-electron chi connectivity index (χ0n) is 20.2. The highest BCUT2D eigenvalue weighted by atomic mass is 32.2. The van der Waals surface area contributed by atoms with Gasteiger partial charge in [0.15, 0.2) is 5.82 Å². The lowest BCUT2D eigenvalue weighted by molar-refractivity contribution is -0.00527. The van der Waals surface area contributed by atoms with Crippen molar-refractivity contribution in [3.05, 3.63) is 23.5 Å². The van der Waals surface area contributed by atoms with Crippen LogP contribution >= 0.6 is 0 Å². The van der Waals surface area contributed by atoms with Crippen molar-refractivity contribution in [1.82, 2.24) is 9.62 Å². The van der Waals surface area contributed by atoms with Crippen LogP contribution in [0.1, 0.15) is 53.0 Å². The maximum atomic E-state index is 15.4. The van der Waals surface area contributed by atoms with Gasteiger partial charge in [-0.2, -0.15) is 0 Å². The van der Waals surface area contributed by atoms with E-state index >= 15 is 4.39 Å². The first-order valence-electron chi connectivity index (χ1n) is 11.8. The zero-order valence-corrected chi connectivity index (χ0v) is 21.0. The molecule has 2 fully saturated rings. The molecule has 8 nitrogen and oxygen atoms in total. The van der Waals surface area contributed by atoms with Crippen molar-refractivity contribution < 1.29 is 22.3 Å². The molecular formula is C23H37FN4O4S. The summed E-state index contributed by atoms with van der Waals surface area (Å²) < 4.78 is 48.0. The van der Waals surface area contributed by atoms with Gasteiger partial charge >= 0.3 is 6.03 Å². The van der Waals surface area contributed by atoms with Gasteiger partial charge in [-0.05, 0) is 59.1 Å². The van der Waals surface area contributed by atoms with Crippen LogP contribution in [0.2, 0.25) is 0 Å². The molecule has 2 aliphatic heterocycles. The monoisotopic (exact) mass is 484 g/mol. The number of carbonyl (C=O) groups excluding carboxylic acids is 1. The minimum absolute atomic E-state index is 0.0637. The van der Waals surface area contributed by atoms with Crippen LogP contribution in [-0.4, -0.2) is 69.0 Å². The molecule has 1 aromatic carbocycles. The highest BCUT2D eigenvalue weighted by molar-refractivity contribution is 7.90. The van der Waals surface area contributed by atoms with E-state index in [0.29, 0.717) is 51.0 Å². The molecule has 33 heavy (non-hydrogen) atoms. The first kappa shape index (κ1) is 25.7. The Morgan fingerprint density at radius 1 is 1.18 bits per heavy atom. The summed E-state index contributed by atoms with van der Waals surface area (Å²) in [5.41, 5.74) is 1.58. The largest absolute Gasteiger partial charge is 0.372 e. The van der Waals surface area contributed by atoms with Gasteiger partial charge in [0, 0.05) is 43.5 Å². The van der Waals surface area contributed by atoms with Gasteiger partial charge in [-0.1, -0.05) is 6.92 Å². The topological polar surface area (TPSA) is 91.0 Å². The van der Waals surface area contributed by atoms with Gasteiger partial charge in [-0.25, -0.2) is 22.3 Å². The number of likely N-dealkylation sites (tertiary alicyclic amines) is 1. The molecule has 2 atom stereocenters. The average molecular weight is 485 g/mol. The van der Waals surface area contributed by atoms with Gasteiger partial charge in [0.1, 0.15) is 0 Å². The number of piperidine rings is 1. The van der Waals surface area contributed by atoms with Gasteiger partial charge in [-0.15, -0.1) is 0 Å². The Morgan fingerprint density at radius 3 is 2.33 bits per heavy atom. The molecule has 2 N–H and O–H groups in total. The Morgan fingerprint density at radius 2 is 1.79 bits per heavy atom. The highest BCUT2D eigenvalue weighted by Crippen LogP contribution is 2.31. The van der Waals surface area contributed by atoms with Crippen LogP contribution in [-0.2, 0) is 21.2 Å². The predicted octanol–water partition coefficient (Wildman–Crippen LogP) is 3.33. The third kappa shape index (κ3) is 6.16. The second kappa shape index (κ2) is 10.6. The number of halogens is 1. The zero-order chi connectivity index (χ0) is 24.3. The summed E-state index contributed by atoms with van der Waals surface area (Å²) in [6.07, 6.45) is 1.68. The molecule has 0 unspecified atom stereocenters. The van der Waals surface area contributed by atoms with Crippen molar-refractivity contribution in [2.24, 2.45) is 0 Å². The predicted molar refractivity (Wildman–Crippen MR) is 129 cm³/mol. The van der Waals surface area contributed by atoms with Crippen molar-refractivity contribution in [1.29, 1.82) is 0 Å². The Hall–Kier alpha value is -1.91. The number of morpholine rings is 1. The lowest BCUT2D eigenvalue weighted by atomic mass is 10.0. The van der Waals surface area contributed by atoms with E-state index in [1.54, 1.807) is 24.8 Å². The van der Waals surface area contributed by atoms with E-state index in [4.69, 9.17) is 4.74 Å². The number of benzene rings is 1. The van der Waals surface area contributed by atoms with E-state index in [2.05, 4.69) is 14.9 Å². The molecule has 0 bridgehead atoms. The van der Waals surface area contributed by atoms with Crippen molar-refractivity contribution in [3.8, 4) is 0 Å². The Balaban J connectivity index is 1.65. The number of sulfonamides is 1. The fourth-order valence-corrected chi connectivity index (χ4v) is 5.45. The van der Waals surface area contributed by atoms with E-state index in [1.165, 1.54) is 0 Å². The molecule has 2 amide bonds. The second-order valence-electron chi connectivity index (χ2n) is 9.34. The van der Waals surface area contributed by atoms with Crippen LogP contribution in [0.4, 0.5) is 20.6 Å². The van der Waals surface area contributed by atoms with Crippen molar-refractivity contribution in [2.45, 2.75) is 77.4 Å². The minimum Gasteiger partial charge on any atom is -0.372 e. The molecule has 0 spiro atoms. The molecule has 186 valence electrons. The number of carbonyl (C=O) groups is 1. The first-order valence-corrected chi connectivity index (χ1v) is 13.3. The number of ether oxygens (including phenoxy) is 1. The first-order chi connectivity index (χ1) is 15.5. The molecule has 0 radical (unpaired) electrons. The molecule has 0 aliphatic carbocycles. The molecule has 0 saturated carbocycles. The van der Waals surface area contributed by atoms with Crippen molar-refractivity contribution >= 4 is 27.4 Å². The summed E-state index contributed by atoms with van der Waals surface area (Å²) >= 11 is 0. The van der Waals surface area contributed by atoms with Crippen LogP contribution in [0.15, 0.2) is 12.1 Å². The summed E-state index contributed by atoms with van der Waals surface area (Å²) in [6.45, 7) is 11.4. The minimum atomic E-state index is -3.35. The van der Waals surface area contributed by atoms with Crippen LogP contribution in [0.5, 0.6) is 0 Å². The number of amides is 2. The number of hydrogen-bond acceptors (Lipinski definition) is 5. The number of hydrogen-bond donors (Lipinski definition) is 2. The lowest BCUT2D eigenvalue weighted by Gasteiger charge is -2.38. The van der Waals surface area contributed by atoms with E-state index in [-0.39, 0.29) is 30.0 Å². The summed E-state index contributed by atoms with van der Waals surface area (Å²) in [7, 11) is -3.35. The van der Waals surface area contributed by atoms with Crippen LogP contribution in [0, 0.1) is 5.82 Å². The van der Waals surface area contributed by atoms with Crippen molar-refractivity contribution in [3.63, 3.8) is 0 Å². The summed E-state index contributed by atoms with van der Waals surface area (Å²) in [4.78, 5) is 16.5. The molecule has 2 heterocycles. The van der Waals surface area contributed by atoms with Gasteiger partial charge in [0.05, 0.1) is 23.1 Å². The maximum Gasteiger partial charge on any atom is 0.321 e. The Labute approximate surface area is 196 Å². The normalized spacial score (nSPS) is 22.6. The fraction of sp³-hybridized carbons (Fsp3) is 0.696. The van der Waals surface area contributed by atoms with Gasteiger partial charge in [0.2, 0.25) is 10.0 Å². The van der Waals surface area contributed by atoms with Crippen LogP contribution in [0.3, 0.4) is 0 Å². The SMILES string of the molecule is CCc1c(N2C[C@@H](C)O[C@@H](C)C2)ccc(NC(=O)N2CCC(NS(=O)(=O)C(C)C)CC2)c1F. The fourth-order valence-electron chi connectivity index (χ4n) is 4.48. The van der Waals surface area contributed by atoms with Crippen molar-refractivity contribution in [2.75, 3.05) is 36.4 Å². The second-order valence-corrected chi connectivity index (χ2v) is 11.6. The Kier molecular flexibility index (Phi) is 8.23. The lowest BCUT2D eigenvalue weighted by Crippen LogP contribution is -2.48. The average Bonchev–Trinajstić information content (AvgIpc) is 2.74. The summed E-state index contributed by atoms with van der Waals surface area (Å²) in [6, 6.07) is 2.93. The standard InChI is InChI=1S/C23H37FN4O4S/c1-6-19-21(28-13-16(4)32-17(5)14-28)8-7-20(22(19)24)25-23(29)27-11-9-18(10-12-27)26-33(30,31)15(2)3/h7-8,15-18,26H,6,9-14H2,1-5H3,(H,25,29)/t16-,17+. The van der Waals surface area contributed by atoms with E-state index in [1.807, 2.05) is 26.8 Å². The van der Waals surface area contributed by atoms with Crippen LogP contribution in [0.25, 0.3) is 0 Å². The highest BCUT2D eigenvalue weighted by Gasteiger charge is 2.29.